The molecule has 1 aromatic carbocycles. The monoisotopic (exact) mass is 410 g/mol. The van der Waals surface area contributed by atoms with E-state index < -0.39 is 0 Å². The summed E-state index contributed by atoms with van der Waals surface area (Å²) in [6.07, 6.45) is 9.59. The second-order valence-electron chi connectivity index (χ2n) is 10.4. The summed E-state index contributed by atoms with van der Waals surface area (Å²) < 4.78 is 0. The lowest BCUT2D eigenvalue weighted by Gasteiger charge is -2.56. The number of carbonyl (C=O) groups is 2. The minimum Gasteiger partial charge on any atom is -0.377 e. The Labute approximate surface area is 179 Å². The summed E-state index contributed by atoms with van der Waals surface area (Å²) in [4.78, 5) is 29.9. The molecule has 4 aliphatic carbocycles. The highest BCUT2D eigenvalue weighted by Gasteiger charge is 2.51. The molecule has 5 fully saturated rings. The minimum absolute atomic E-state index is 0.0173. The predicted octanol–water partition coefficient (Wildman–Crippen LogP) is 4.08. The average molecular weight is 411 g/mol. The summed E-state index contributed by atoms with van der Waals surface area (Å²) >= 11 is 0. The summed E-state index contributed by atoms with van der Waals surface area (Å²) in [6.45, 7) is 1.63. The molecule has 6 rings (SSSR count). The van der Waals surface area contributed by atoms with Gasteiger partial charge in [-0.25, -0.2) is 4.79 Å². The number of hydrogen-bond donors (Lipinski definition) is 2. The summed E-state index contributed by atoms with van der Waals surface area (Å²) in [5.74, 6) is 2.43. The highest BCUT2D eigenvalue weighted by molar-refractivity contribution is 6.02. The van der Waals surface area contributed by atoms with Crippen LogP contribution in [0.25, 0.3) is 0 Å². The van der Waals surface area contributed by atoms with Crippen LogP contribution in [0.15, 0.2) is 18.2 Å². The van der Waals surface area contributed by atoms with Crippen LogP contribution >= 0.6 is 0 Å². The molecule has 4 bridgehead atoms. The number of rotatable bonds is 4. The van der Waals surface area contributed by atoms with Crippen molar-refractivity contribution < 1.29 is 9.59 Å². The van der Waals surface area contributed by atoms with Crippen LogP contribution in [-0.2, 0) is 0 Å². The van der Waals surface area contributed by atoms with E-state index in [0.29, 0.717) is 11.3 Å². The molecule has 5 aliphatic rings. The van der Waals surface area contributed by atoms with Gasteiger partial charge in [-0.2, -0.15) is 0 Å². The standard InChI is InChI=1S/C24H34N4O2/c1-27(2)21-6-5-19(12-20(21)22(29)28-7-3-4-8-28)25-23(30)26-24-13-16-9-17(14-24)11-18(10-16)15-24/h5-6,12,16-18H,3-4,7-11,13-15H2,1-2H3,(H2,25,26,30). The fourth-order valence-electron chi connectivity index (χ4n) is 6.93. The van der Waals surface area contributed by atoms with Gasteiger partial charge in [0.15, 0.2) is 0 Å². The molecule has 4 saturated carbocycles. The average Bonchev–Trinajstić information content (AvgIpc) is 3.20. The molecule has 0 atom stereocenters. The van der Waals surface area contributed by atoms with E-state index in [-0.39, 0.29) is 17.5 Å². The highest BCUT2D eigenvalue weighted by atomic mass is 16.2. The Kier molecular flexibility index (Phi) is 4.91. The third-order valence-corrected chi connectivity index (χ3v) is 7.78. The van der Waals surface area contributed by atoms with Gasteiger partial charge in [-0.05, 0) is 87.3 Å². The predicted molar refractivity (Wildman–Crippen MR) is 119 cm³/mol. The number of anilines is 2. The van der Waals surface area contributed by atoms with Gasteiger partial charge in [0.25, 0.3) is 5.91 Å². The Balaban J connectivity index is 1.31. The van der Waals surface area contributed by atoms with Crippen LogP contribution in [0.2, 0.25) is 0 Å². The Morgan fingerprint density at radius 3 is 2.17 bits per heavy atom. The molecule has 0 unspecified atom stereocenters. The molecule has 3 amide bonds. The maximum absolute atomic E-state index is 13.1. The van der Waals surface area contributed by atoms with Gasteiger partial charge in [-0.15, -0.1) is 0 Å². The first kappa shape index (κ1) is 19.7. The van der Waals surface area contributed by atoms with Crippen molar-refractivity contribution in [3.8, 4) is 0 Å². The second-order valence-corrected chi connectivity index (χ2v) is 10.4. The van der Waals surface area contributed by atoms with Crippen LogP contribution in [0.4, 0.5) is 16.2 Å². The van der Waals surface area contributed by atoms with E-state index >= 15 is 0 Å². The number of carbonyl (C=O) groups excluding carboxylic acids is 2. The van der Waals surface area contributed by atoms with Crippen LogP contribution < -0.4 is 15.5 Å². The molecular weight excluding hydrogens is 376 g/mol. The summed E-state index contributed by atoms with van der Waals surface area (Å²) in [5, 5.41) is 6.39. The van der Waals surface area contributed by atoms with Crippen molar-refractivity contribution in [2.75, 3.05) is 37.4 Å². The summed E-state index contributed by atoms with van der Waals surface area (Å²) in [6, 6.07) is 5.54. The maximum Gasteiger partial charge on any atom is 0.319 e. The molecule has 162 valence electrons. The first-order valence-corrected chi connectivity index (χ1v) is 11.6. The van der Waals surface area contributed by atoms with Crippen molar-refractivity contribution in [1.82, 2.24) is 10.2 Å². The van der Waals surface area contributed by atoms with E-state index in [4.69, 9.17) is 0 Å². The van der Waals surface area contributed by atoms with Crippen LogP contribution in [0.5, 0.6) is 0 Å². The van der Waals surface area contributed by atoms with Crippen molar-refractivity contribution >= 4 is 23.3 Å². The molecule has 1 heterocycles. The quantitative estimate of drug-likeness (QED) is 0.786. The van der Waals surface area contributed by atoms with E-state index in [9.17, 15) is 9.59 Å². The van der Waals surface area contributed by atoms with Gasteiger partial charge in [-0.1, -0.05) is 0 Å². The molecule has 0 spiro atoms. The second kappa shape index (κ2) is 7.47. The summed E-state index contributed by atoms with van der Waals surface area (Å²) in [5.41, 5.74) is 2.22. The topological polar surface area (TPSA) is 64.7 Å². The van der Waals surface area contributed by atoms with Gasteiger partial charge >= 0.3 is 6.03 Å². The SMILES string of the molecule is CN(C)c1ccc(NC(=O)NC23CC4CC(CC(C4)C2)C3)cc1C(=O)N1CCCC1. The van der Waals surface area contributed by atoms with Gasteiger partial charge in [0.2, 0.25) is 0 Å². The summed E-state index contributed by atoms with van der Waals surface area (Å²) in [7, 11) is 3.89. The molecule has 6 heteroatoms. The number of urea groups is 1. The van der Waals surface area contributed by atoms with Gasteiger partial charge < -0.3 is 20.4 Å². The van der Waals surface area contributed by atoms with Crippen molar-refractivity contribution in [1.29, 1.82) is 0 Å². The Bertz CT molecular complexity index is 808. The zero-order chi connectivity index (χ0) is 20.9. The van der Waals surface area contributed by atoms with Crippen molar-refractivity contribution in [2.45, 2.75) is 56.9 Å². The van der Waals surface area contributed by atoms with E-state index in [1.54, 1.807) is 0 Å². The van der Waals surface area contributed by atoms with E-state index in [1.165, 1.54) is 19.3 Å². The smallest absolute Gasteiger partial charge is 0.319 e. The van der Waals surface area contributed by atoms with E-state index in [0.717, 1.165) is 68.6 Å². The molecule has 0 aromatic heterocycles. The maximum atomic E-state index is 13.1. The lowest BCUT2D eigenvalue weighted by atomic mass is 9.53. The molecule has 2 N–H and O–H groups in total. The lowest BCUT2D eigenvalue weighted by Crippen LogP contribution is -2.60. The first-order chi connectivity index (χ1) is 14.4. The van der Waals surface area contributed by atoms with Crippen LogP contribution in [0.3, 0.4) is 0 Å². The molecule has 30 heavy (non-hydrogen) atoms. The minimum atomic E-state index is -0.130. The zero-order valence-electron chi connectivity index (χ0n) is 18.2. The van der Waals surface area contributed by atoms with Crippen LogP contribution in [-0.4, -0.2) is 49.6 Å². The number of likely N-dealkylation sites (tertiary alicyclic amines) is 1. The van der Waals surface area contributed by atoms with E-state index in [2.05, 4.69) is 10.6 Å². The lowest BCUT2D eigenvalue weighted by molar-refractivity contribution is -0.0127. The van der Waals surface area contributed by atoms with Crippen LogP contribution in [0.1, 0.15) is 61.7 Å². The van der Waals surface area contributed by atoms with Gasteiger partial charge in [0.05, 0.1) is 5.56 Å². The molecule has 1 saturated heterocycles. The van der Waals surface area contributed by atoms with Crippen molar-refractivity contribution in [2.24, 2.45) is 17.8 Å². The number of nitrogens with zero attached hydrogens (tertiary/aromatic N) is 2. The third-order valence-electron chi connectivity index (χ3n) is 7.78. The highest BCUT2D eigenvalue weighted by Crippen LogP contribution is 2.55. The number of nitrogens with one attached hydrogen (secondary N) is 2. The largest absolute Gasteiger partial charge is 0.377 e. The molecular formula is C24H34N4O2. The fraction of sp³-hybridized carbons (Fsp3) is 0.667. The van der Waals surface area contributed by atoms with Crippen molar-refractivity contribution in [3.05, 3.63) is 23.8 Å². The number of amides is 3. The van der Waals surface area contributed by atoms with Gasteiger partial charge in [0.1, 0.15) is 0 Å². The third kappa shape index (κ3) is 3.65. The van der Waals surface area contributed by atoms with Crippen LogP contribution in [0, 0.1) is 17.8 Å². The fourth-order valence-corrected chi connectivity index (χ4v) is 6.93. The zero-order valence-corrected chi connectivity index (χ0v) is 18.2. The van der Waals surface area contributed by atoms with Gasteiger partial charge in [0, 0.05) is 44.1 Å². The Morgan fingerprint density at radius 2 is 1.60 bits per heavy atom. The number of benzene rings is 1. The molecule has 6 nitrogen and oxygen atoms in total. The molecule has 1 aliphatic heterocycles. The Morgan fingerprint density at radius 1 is 1.00 bits per heavy atom. The van der Waals surface area contributed by atoms with E-state index in [1.807, 2.05) is 42.1 Å². The molecule has 0 radical (unpaired) electrons. The first-order valence-electron chi connectivity index (χ1n) is 11.6. The van der Waals surface area contributed by atoms with Crippen molar-refractivity contribution in [3.63, 3.8) is 0 Å². The van der Waals surface area contributed by atoms with Gasteiger partial charge in [-0.3, -0.25) is 4.79 Å². The number of hydrogen-bond acceptors (Lipinski definition) is 3. The Hall–Kier alpha value is -2.24. The normalized spacial score (nSPS) is 31.7. The molecule has 1 aromatic rings.